The number of hydrogen-bond donors (Lipinski definition) is 3. The van der Waals surface area contributed by atoms with Crippen LogP contribution in [0.3, 0.4) is 0 Å². The smallest absolute Gasteiger partial charge is 0.338 e. The van der Waals surface area contributed by atoms with Crippen LogP contribution in [0.5, 0.6) is 0 Å². The van der Waals surface area contributed by atoms with E-state index in [-0.39, 0.29) is 31.6 Å². The highest BCUT2D eigenvalue weighted by molar-refractivity contribution is 5.90. The summed E-state index contributed by atoms with van der Waals surface area (Å²) in [5, 5.41) is 40.0. The Hall–Kier alpha value is -5.67. The topological polar surface area (TPSA) is 223 Å². The van der Waals surface area contributed by atoms with E-state index in [2.05, 4.69) is 10.1 Å². The van der Waals surface area contributed by atoms with Gasteiger partial charge in [0.15, 0.2) is 24.8 Å². The van der Waals surface area contributed by atoms with E-state index in [1.165, 1.54) is 14.0 Å². The molecule has 0 radical (unpaired) electrons. The van der Waals surface area contributed by atoms with Crippen molar-refractivity contribution < 1.29 is 72.4 Å². The number of cyclic esters (lactones) is 1. The van der Waals surface area contributed by atoms with Gasteiger partial charge in [0, 0.05) is 42.9 Å². The average molecular weight is 1120 g/mol. The van der Waals surface area contributed by atoms with Crippen molar-refractivity contribution >= 4 is 40.6 Å². The predicted molar refractivity (Wildman–Crippen MR) is 304 cm³/mol. The SMILES string of the molecule is CC[C@H]1OC(=O)[C@H](C)[C@@H](OC2C[C@@](C)(OC)[C@@H](OC(=O)c3ccccc3)[C@H](C)O2)[C@H](C)[C@@H](OC2O[C@H](C)C[C@H](N(C)C)[C@H]2OC(=O)c2ccccc2)[C@@](C)(OC/C=C/c2cnc3ccccc3c2)C[C@H](C)/C(=N\O)[C@H](C)[C@@H](O)[C@]1(C)O. The first kappa shape index (κ1) is 62.9. The molecule has 3 aliphatic heterocycles. The summed E-state index contributed by atoms with van der Waals surface area (Å²) in [5.41, 5.74) is -2.22. The molecule has 0 bridgehead atoms. The molecule has 4 aromatic rings. The fourth-order valence-electron chi connectivity index (χ4n) is 12.2. The van der Waals surface area contributed by atoms with E-state index in [0.29, 0.717) is 17.5 Å². The Morgan fingerprint density at radius 2 is 1.44 bits per heavy atom. The summed E-state index contributed by atoms with van der Waals surface area (Å²) in [6.45, 7) is 17.5. The zero-order valence-corrected chi connectivity index (χ0v) is 49.2. The van der Waals surface area contributed by atoms with Gasteiger partial charge in [-0.25, -0.2) is 9.59 Å². The van der Waals surface area contributed by atoms with Crippen molar-refractivity contribution in [3.8, 4) is 0 Å². The van der Waals surface area contributed by atoms with Crippen LogP contribution in [0, 0.1) is 23.7 Å². The van der Waals surface area contributed by atoms with Gasteiger partial charge < -0.3 is 63.0 Å². The van der Waals surface area contributed by atoms with Crippen molar-refractivity contribution in [3.05, 3.63) is 120 Å². The summed E-state index contributed by atoms with van der Waals surface area (Å²) < 4.78 is 60.3. The van der Waals surface area contributed by atoms with E-state index >= 15 is 4.79 Å². The number of para-hydroxylation sites is 1. The van der Waals surface area contributed by atoms with Gasteiger partial charge in [0.1, 0.15) is 17.3 Å². The number of esters is 3. The Morgan fingerprint density at radius 3 is 2.06 bits per heavy atom. The van der Waals surface area contributed by atoms with Crippen molar-refractivity contribution in [1.29, 1.82) is 0 Å². The molecule has 3 fully saturated rings. The van der Waals surface area contributed by atoms with Crippen LogP contribution in [0.4, 0.5) is 0 Å². The number of methoxy groups -OCH3 is 1. The molecule has 0 amide bonds. The second kappa shape index (κ2) is 27.2. The van der Waals surface area contributed by atoms with E-state index in [1.807, 2.05) is 95.2 Å². The molecule has 18 nitrogen and oxygen atoms in total. The van der Waals surface area contributed by atoms with Crippen molar-refractivity contribution in [1.82, 2.24) is 9.88 Å². The van der Waals surface area contributed by atoms with Crippen molar-refractivity contribution in [3.63, 3.8) is 0 Å². The zero-order valence-electron chi connectivity index (χ0n) is 49.2. The number of ether oxygens (including phenoxy) is 9. The Bertz CT molecular complexity index is 2780. The molecule has 3 saturated heterocycles. The number of fused-ring (bicyclic) bond motifs is 1. The lowest BCUT2D eigenvalue weighted by atomic mass is 9.73. The van der Waals surface area contributed by atoms with Gasteiger partial charge in [-0.1, -0.05) is 99.6 Å². The van der Waals surface area contributed by atoms with E-state index in [1.54, 1.807) is 95.4 Å². The number of rotatable bonds is 15. The molecule has 2 unspecified atom stereocenters. The fraction of sp³-hybridized carbons (Fsp3) is 0.571. The van der Waals surface area contributed by atoms with Gasteiger partial charge in [0.2, 0.25) is 0 Å². The van der Waals surface area contributed by atoms with Gasteiger partial charge in [-0.3, -0.25) is 9.78 Å². The molecule has 18 heteroatoms. The lowest BCUT2D eigenvalue weighted by Gasteiger charge is -2.50. The maximum Gasteiger partial charge on any atom is 0.338 e. The van der Waals surface area contributed by atoms with Crippen LogP contribution in [0.25, 0.3) is 17.0 Å². The van der Waals surface area contributed by atoms with Crippen molar-refractivity contribution in [2.75, 3.05) is 27.8 Å². The minimum Gasteiger partial charge on any atom is -0.459 e. The minimum atomic E-state index is -2.04. The van der Waals surface area contributed by atoms with Crippen LogP contribution in [-0.2, 0) is 47.4 Å². The van der Waals surface area contributed by atoms with Crippen LogP contribution in [0.1, 0.15) is 121 Å². The molecule has 81 heavy (non-hydrogen) atoms. The molecule has 0 aliphatic carbocycles. The number of nitrogens with zero attached hydrogens (tertiary/aromatic N) is 3. The lowest BCUT2D eigenvalue weighted by molar-refractivity contribution is -0.319. The van der Waals surface area contributed by atoms with Gasteiger partial charge >= 0.3 is 17.9 Å². The summed E-state index contributed by atoms with van der Waals surface area (Å²) in [7, 11) is 5.31. The Kier molecular flexibility index (Phi) is 21.1. The number of pyridine rings is 1. The highest BCUT2D eigenvalue weighted by Gasteiger charge is 2.55. The molecule has 3 N–H and O–H groups in total. The quantitative estimate of drug-likeness (QED) is 0.0437. The third kappa shape index (κ3) is 14.6. The summed E-state index contributed by atoms with van der Waals surface area (Å²) in [6, 6.07) is 26.7. The van der Waals surface area contributed by atoms with Crippen LogP contribution in [0.2, 0.25) is 0 Å². The van der Waals surface area contributed by atoms with E-state index in [9.17, 15) is 25.0 Å². The van der Waals surface area contributed by atoms with E-state index < -0.39 is 126 Å². The highest BCUT2D eigenvalue weighted by Crippen LogP contribution is 2.43. The first-order chi connectivity index (χ1) is 38.4. The standard InChI is InChI=1S/C63H85N3O15/c1-14-49-63(10,71)54(67)39(4)51(65-72)37(2)34-62(9,74-31-23-24-43-33-46-29-21-22-30-47(46)64-36-43)55(81-60-53(48(66(11)12)32-38(3)75-60)79-58(69)44-25-17-15-18-26-44)40(5)52(41(6)57(68)77-49)78-50-35-61(8,73-13)56(42(7)76-50)80-59(70)45-27-19-16-20-28-45/h15-30,33,36-42,48-50,52-56,60,67,71-72H,14,31-32,34-35H2,1-13H3/b24-23+,65-51+/t37-,38+,39-,40-,41+,42-,48-,49+,50?,52-,53+,54+,55+,56-,60?,61+,62-,63+/m0/s1. The van der Waals surface area contributed by atoms with E-state index in [0.717, 1.165) is 16.5 Å². The second-order valence-electron chi connectivity index (χ2n) is 23.2. The Balaban J connectivity index is 1.37. The van der Waals surface area contributed by atoms with Crippen LogP contribution in [-0.4, -0.2) is 161 Å². The average Bonchev–Trinajstić information content (AvgIpc) is 3.50. The van der Waals surface area contributed by atoms with Gasteiger partial charge in [-0.05, 0) is 117 Å². The second-order valence-corrected chi connectivity index (χ2v) is 23.2. The fourth-order valence-corrected chi connectivity index (χ4v) is 12.2. The number of aromatic nitrogens is 1. The Labute approximate surface area is 477 Å². The van der Waals surface area contributed by atoms with Gasteiger partial charge in [-0.2, -0.15) is 0 Å². The summed E-state index contributed by atoms with van der Waals surface area (Å²) >= 11 is 0. The van der Waals surface area contributed by atoms with Crippen LogP contribution < -0.4 is 0 Å². The third-order valence-corrected chi connectivity index (χ3v) is 16.8. The number of hydrogen-bond acceptors (Lipinski definition) is 18. The number of likely N-dealkylation sites (N-methyl/N-ethyl adjacent to an activating group) is 1. The number of oxime groups is 1. The molecule has 0 spiro atoms. The maximum absolute atomic E-state index is 15.1. The molecular formula is C63H85N3O15. The maximum atomic E-state index is 15.1. The van der Waals surface area contributed by atoms with E-state index in [4.69, 9.17) is 42.6 Å². The number of aliphatic hydroxyl groups excluding tert-OH is 1. The van der Waals surface area contributed by atoms with Gasteiger partial charge in [0.25, 0.3) is 0 Å². The molecular weight excluding hydrogens is 1040 g/mol. The molecule has 442 valence electrons. The first-order valence-corrected chi connectivity index (χ1v) is 28.3. The lowest BCUT2D eigenvalue weighted by Crippen LogP contribution is -2.62. The highest BCUT2D eigenvalue weighted by atomic mass is 16.7. The molecule has 0 saturated carbocycles. The van der Waals surface area contributed by atoms with Crippen molar-refractivity contribution in [2.24, 2.45) is 28.8 Å². The number of carbonyl (C=O) groups is 3. The molecule has 1 aromatic heterocycles. The molecule has 7 rings (SSSR count). The summed E-state index contributed by atoms with van der Waals surface area (Å²) in [5.74, 6) is -5.65. The normalized spacial score (nSPS) is 36.0. The van der Waals surface area contributed by atoms with Gasteiger partial charge in [-0.15, -0.1) is 0 Å². The minimum absolute atomic E-state index is 0.00434. The number of aliphatic hydroxyl groups is 2. The van der Waals surface area contributed by atoms with Crippen molar-refractivity contribution in [2.45, 2.75) is 179 Å². The summed E-state index contributed by atoms with van der Waals surface area (Å²) in [4.78, 5) is 49.4. The first-order valence-electron chi connectivity index (χ1n) is 28.3. The zero-order chi connectivity index (χ0) is 59.0. The largest absolute Gasteiger partial charge is 0.459 e. The molecule has 3 aromatic carbocycles. The molecule has 18 atom stereocenters. The summed E-state index contributed by atoms with van der Waals surface area (Å²) in [6.07, 6.45) is -4.50. The molecule has 3 aliphatic rings. The molecule has 4 heterocycles. The van der Waals surface area contributed by atoms with Crippen LogP contribution in [0.15, 0.2) is 108 Å². The third-order valence-electron chi connectivity index (χ3n) is 16.8. The predicted octanol–water partition coefficient (Wildman–Crippen LogP) is 9.06. The Morgan fingerprint density at radius 1 is 0.815 bits per heavy atom. The number of benzene rings is 3. The van der Waals surface area contributed by atoms with Crippen LogP contribution >= 0.6 is 0 Å². The number of carbonyl (C=O) groups excluding carboxylic acids is 3. The van der Waals surface area contributed by atoms with Gasteiger partial charge in [0.05, 0.1) is 77.0 Å². The monoisotopic (exact) mass is 1120 g/mol.